The van der Waals surface area contributed by atoms with Crippen molar-refractivity contribution in [1.82, 2.24) is 5.32 Å². The van der Waals surface area contributed by atoms with Gasteiger partial charge < -0.3 is 5.32 Å². The van der Waals surface area contributed by atoms with E-state index in [9.17, 15) is 0 Å². The van der Waals surface area contributed by atoms with Gasteiger partial charge in [-0.25, -0.2) is 0 Å². The van der Waals surface area contributed by atoms with Gasteiger partial charge >= 0.3 is 0 Å². The molecule has 0 heterocycles. The van der Waals surface area contributed by atoms with E-state index in [1.807, 2.05) is 0 Å². The molecule has 1 atom stereocenters. The molecule has 37 heavy (non-hydrogen) atoms. The minimum absolute atomic E-state index is 0.959. The molecule has 1 saturated carbocycles. The summed E-state index contributed by atoms with van der Waals surface area (Å²) < 4.78 is 0. The third-order valence-corrected chi connectivity index (χ3v) is 8.45. The van der Waals surface area contributed by atoms with Crippen molar-refractivity contribution < 1.29 is 0 Å². The zero-order chi connectivity index (χ0) is 26.7. The fourth-order valence-electron chi connectivity index (χ4n) is 5.35. The van der Waals surface area contributed by atoms with Crippen molar-refractivity contribution >= 4 is 11.6 Å². The molecule has 0 aliphatic heterocycles. The number of hydrogen-bond acceptors (Lipinski definition) is 1. The molecule has 0 saturated heterocycles. The van der Waals surface area contributed by atoms with Gasteiger partial charge in [-0.05, 0) is 90.1 Å². The molecule has 2 heteroatoms. The van der Waals surface area contributed by atoms with Crippen molar-refractivity contribution in [2.45, 2.75) is 167 Å². The molecular weight excluding hydrogens is 470 g/mol. The minimum Gasteiger partial charge on any atom is -0.320 e. The van der Waals surface area contributed by atoms with Crippen molar-refractivity contribution in [2.24, 2.45) is 5.92 Å². The maximum Gasteiger partial charge on any atom is 0.0173 e. The Morgan fingerprint density at radius 2 is 1.19 bits per heavy atom. The Labute approximate surface area is 238 Å². The SMILES string of the molecule is CCCCC/C=C\C/C=C\CCCCCCCCCC(CCCCCCCC(Cl)=C1CC1)CCCNC. The summed E-state index contributed by atoms with van der Waals surface area (Å²) in [4.78, 5) is 0. The van der Waals surface area contributed by atoms with Gasteiger partial charge in [0, 0.05) is 5.03 Å². The minimum atomic E-state index is 0.959. The fourth-order valence-corrected chi connectivity index (χ4v) is 5.68. The van der Waals surface area contributed by atoms with E-state index >= 15 is 0 Å². The van der Waals surface area contributed by atoms with Crippen LogP contribution in [0.1, 0.15) is 167 Å². The van der Waals surface area contributed by atoms with Crippen molar-refractivity contribution in [2.75, 3.05) is 13.6 Å². The van der Waals surface area contributed by atoms with Crippen molar-refractivity contribution in [3.05, 3.63) is 34.9 Å². The van der Waals surface area contributed by atoms with Crippen LogP contribution >= 0.6 is 11.6 Å². The third-order valence-electron chi connectivity index (χ3n) is 7.99. The number of rotatable bonds is 28. The van der Waals surface area contributed by atoms with Gasteiger partial charge in [-0.3, -0.25) is 0 Å². The van der Waals surface area contributed by atoms with E-state index < -0.39 is 0 Å². The maximum absolute atomic E-state index is 6.33. The van der Waals surface area contributed by atoms with Gasteiger partial charge in [0.15, 0.2) is 0 Å². The van der Waals surface area contributed by atoms with E-state index in [1.54, 1.807) is 0 Å². The summed E-state index contributed by atoms with van der Waals surface area (Å²) >= 11 is 6.33. The fraction of sp³-hybridized carbons (Fsp3) is 0.829. The molecular formula is C35H64ClN. The highest BCUT2D eigenvalue weighted by Gasteiger charge is 2.15. The van der Waals surface area contributed by atoms with Gasteiger partial charge in [-0.1, -0.05) is 138 Å². The molecule has 0 aromatic rings. The van der Waals surface area contributed by atoms with Gasteiger partial charge in [0.05, 0.1) is 0 Å². The zero-order valence-electron chi connectivity index (χ0n) is 25.1. The maximum atomic E-state index is 6.33. The van der Waals surface area contributed by atoms with E-state index in [0.29, 0.717) is 0 Å². The predicted octanol–water partition coefficient (Wildman–Crippen LogP) is 12.2. The topological polar surface area (TPSA) is 12.0 Å². The number of halogens is 1. The van der Waals surface area contributed by atoms with Gasteiger partial charge in [-0.2, -0.15) is 0 Å². The summed E-state index contributed by atoms with van der Waals surface area (Å²) in [6.07, 6.45) is 43.4. The highest BCUT2D eigenvalue weighted by Crippen LogP contribution is 2.35. The van der Waals surface area contributed by atoms with Crippen LogP contribution in [0.25, 0.3) is 0 Å². The molecule has 0 bridgehead atoms. The summed E-state index contributed by atoms with van der Waals surface area (Å²) in [5.74, 6) is 0.959. The Morgan fingerprint density at radius 3 is 1.76 bits per heavy atom. The van der Waals surface area contributed by atoms with Crippen molar-refractivity contribution in [1.29, 1.82) is 0 Å². The molecule has 0 radical (unpaired) electrons. The van der Waals surface area contributed by atoms with Gasteiger partial charge in [0.25, 0.3) is 0 Å². The average molecular weight is 534 g/mol. The number of hydrogen-bond donors (Lipinski definition) is 1. The number of allylic oxidation sites excluding steroid dienone is 6. The van der Waals surface area contributed by atoms with Crippen LogP contribution in [-0.2, 0) is 0 Å². The molecule has 0 spiro atoms. The lowest BCUT2D eigenvalue weighted by Crippen LogP contribution is -2.10. The Hall–Kier alpha value is -0.530. The third kappa shape index (κ3) is 24.3. The van der Waals surface area contributed by atoms with E-state index in [-0.39, 0.29) is 0 Å². The molecule has 1 aliphatic carbocycles. The molecule has 1 aliphatic rings. The second-order valence-corrected chi connectivity index (χ2v) is 12.1. The molecule has 1 unspecified atom stereocenters. The van der Waals surface area contributed by atoms with Crippen LogP contribution in [0.5, 0.6) is 0 Å². The Morgan fingerprint density at radius 1 is 0.676 bits per heavy atom. The molecule has 1 nitrogen and oxygen atoms in total. The first-order chi connectivity index (χ1) is 18.3. The first-order valence-corrected chi connectivity index (χ1v) is 17.0. The van der Waals surface area contributed by atoms with Crippen LogP contribution in [-0.4, -0.2) is 13.6 Å². The smallest absolute Gasteiger partial charge is 0.0173 e. The molecule has 0 aromatic heterocycles. The van der Waals surface area contributed by atoms with Gasteiger partial charge in [-0.15, -0.1) is 0 Å². The predicted molar refractivity (Wildman–Crippen MR) is 170 cm³/mol. The first-order valence-electron chi connectivity index (χ1n) is 16.6. The second kappa shape index (κ2) is 27.1. The van der Waals surface area contributed by atoms with E-state index in [4.69, 9.17) is 11.6 Å². The van der Waals surface area contributed by atoms with Crippen LogP contribution in [0.15, 0.2) is 34.9 Å². The molecule has 0 amide bonds. The number of nitrogens with one attached hydrogen (secondary N) is 1. The molecule has 0 aromatic carbocycles. The standard InChI is InChI=1S/C35H64ClN/c1-3-4-5-6-7-8-9-10-11-12-13-14-15-16-17-19-22-26-33(28-25-32-37-2)27-23-20-18-21-24-29-35(36)34-30-31-34/h7-8,10-11,33,37H,3-6,9,12-32H2,1-2H3/b8-7-,11-10-. The van der Waals surface area contributed by atoms with Crippen molar-refractivity contribution in [3.8, 4) is 0 Å². The zero-order valence-corrected chi connectivity index (χ0v) is 25.9. The van der Waals surface area contributed by atoms with Gasteiger partial charge in [0.1, 0.15) is 0 Å². The highest BCUT2D eigenvalue weighted by atomic mass is 35.5. The lowest BCUT2D eigenvalue weighted by atomic mass is 9.90. The van der Waals surface area contributed by atoms with E-state index in [0.717, 1.165) is 18.8 Å². The molecule has 1 fully saturated rings. The average Bonchev–Trinajstić information content (AvgIpc) is 3.75. The monoisotopic (exact) mass is 533 g/mol. The lowest BCUT2D eigenvalue weighted by molar-refractivity contribution is 0.370. The van der Waals surface area contributed by atoms with E-state index in [2.05, 4.69) is 43.6 Å². The van der Waals surface area contributed by atoms with Crippen LogP contribution in [0, 0.1) is 5.92 Å². The quantitative estimate of drug-likeness (QED) is 0.0778. The van der Waals surface area contributed by atoms with Crippen LogP contribution < -0.4 is 5.32 Å². The second-order valence-electron chi connectivity index (χ2n) is 11.7. The van der Waals surface area contributed by atoms with Crippen LogP contribution in [0.3, 0.4) is 0 Å². The Bertz CT molecular complexity index is 570. The molecule has 1 rings (SSSR count). The summed E-state index contributed by atoms with van der Waals surface area (Å²) in [6, 6.07) is 0. The highest BCUT2D eigenvalue weighted by molar-refractivity contribution is 6.30. The summed E-state index contributed by atoms with van der Waals surface area (Å²) in [5.41, 5.74) is 1.53. The molecule has 216 valence electrons. The normalized spacial score (nSPS) is 14.3. The van der Waals surface area contributed by atoms with E-state index in [1.165, 1.54) is 165 Å². The van der Waals surface area contributed by atoms with Crippen molar-refractivity contribution in [3.63, 3.8) is 0 Å². The lowest BCUT2D eigenvalue weighted by Gasteiger charge is -2.17. The molecule has 1 N–H and O–H groups in total. The Balaban J connectivity index is 1.94. The summed E-state index contributed by atoms with van der Waals surface area (Å²) in [6.45, 7) is 3.45. The van der Waals surface area contributed by atoms with Crippen LogP contribution in [0.4, 0.5) is 0 Å². The Kier molecular flexibility index (Phi) is 25.2. The van der Waals surface area contributed by atoms with Gasteiger partial charge in [0.2, 0.25) is 0 Å². The summed E-state index contributed by atoms with van der Waals surface area (Å²) in [5, 5.41) is 4.53. The number of unbranched alkanes of at least 4 members (excludes halogenated alkanes) is 14. The first kappa shape index (κ1) is 34.5. The largest absolute Gasteiger partial charge is 0.320 e. The van der Waals surface area contributed by atoms with Crippen LogP contribution in [0.2, 0.25) is 0 Å². The summed E-state index contributed by atoms with van der Waals surface area (Å²) in [7, 11) is 2.09.